The highest BCUT2D eigenvalue weighted by atomic mass is 16.5. The van der Waals surface area contributed by atoms with Gasteiger partial charge in [-0.05, 0) is 78.8 Å². The summed E-state index contributed by atoms with van der Waals surface area (Å²) in [5.74, 6) is 3.31. The molecule has 0 atom stereocenters. The van der Waals surface area contributed by atoms with Crippen molar-refractivity contribution in [3.63, 3.8) is 0 Å². The van der Waals surface area contributed by atoms with Gasteiger partial charge in [0, 0.05) is 5.92 Å². The Balaban J connectivity index is 2.28. The molecule has 0 unspecified atom stereocenters. The van der Waals surface area contributed by atoms with Gasteiger partial charge in [-0.25, -0.2) is 0 Å². The van der Waals surface area contributed by atoms with E-state index < -0.39 is 0 Å². The smallest absolute Gasteiger partial charge is 0.161 e. The summed E-state index contributed by atoms with van der Waals surface area (Å²) in [5.41, 5.74) is 7.99. The summed E-state index contributed by atoms with van der Waals surface area (Å²) in [4.78, 5) is 0. The number of benzene rings is 3. The van der Waals surface area contributed by atoms with Crippen LogP contribution in [-0.4, -0.2) is 28.4 Å². The van der Waals surface area contributed by atoms with Crippen LogP contribution in [0, 0.1) is 27.7 Å². The number of ether oxygens (including phenoxy) is 4. The van der Waals surface area contributed by atoms with Gasteiger partial charge in [0.25, 0.3) is 0 Å². The highest BCUT2D eigenvalue weighted by molar-refractivity contribution is 5.55. The molecule has 0 spiro atoms. The minimum Gasteiger partial charge on any atom is -0.496 e. The molecule has 3 aromatic carbocycles. The monoisotopic (exact) mass is 420 g/mol. The lowest BCUT2D eigenvalue weighted by molar-refractivity contribution is 0.354. The average Bonchev–Trinajstić information content (AvgIpc) is 2.73. The molecule has 164 valence electrons. The van der Waals surface area contributed by atoms with Gasteiger partial charge >= 0.3 is 0 Å². The Labute approximate surface area is 185 Å². The molecular formula is C27H32O4. The molecule has 0 aliphatic carbocycles. The predicted octanol–water partition coefficient (Wildman–Crippen LogP) is 6.13. The lowest BCUT2D eigenvalue weighted by Crippen LogP contribution is -2.07. The molecule has 3 aromatic rings. The second-order valence-electron chi connectivity index (χ2n) is 7.92. The van der Waals surface area contributed by atoms with E-state index in [0.717, 1.165) is 39.3 Å². The second kappa shape index (κ2) is 9.34. The molecule has 0 N–H and O–H groups in total. The molecule has 4 nitrogen and oxygen atoms in total. The van der Waals surface area contributed by atoms with Gasteiger partial charge in [0.2, 0.25) is 0 Å². The summed E-state index contributed by atoms with van der Waals surface area (Å²) < 4.78 is 22.3. The van der Waals surface area contributed by atoms with E-state index in [4.69, 9.17) is 18.9 Å². The standard InChI is InChI=1S/C27H32O4/c1-16-11-21(12-17(2)26(16)30-7)25(20-9-10-23(28-5)24(15-20)29-6)22-13-18(3)27(31-8)19(4)14-22/h9-15,25H,1-8H3. The van der Waals surface area contributed by atoms with Crippen molar-refractivity contribution in [3.8, 4) is 23.0 Å². The zero-order valence-corrected chi connectivity index (χ0v) is 19.8. The van der Waals surface area contributed by atoms with E-state index in [2.05, 4.69) is 64.1 Å². The van der Waals surface area contributed by atoms with Crippen LogP contribution in [0.2, 0.25) is 0 Å². The fourth-order valence-electron chi connectivity index (χ4n) is 4.55. The van der Waals surface area contributed by atoms with Gasteiger partial charge in [-0.3, -0.25) is 0 Å². The molecule has 0 aliphatic heterocycles. The molecular weight excluding hydrogens is 388 g/mol. The lowest BCUT2D eigenvalue weighted by Gasteiger charge is -2.24. The third-order valence-electron chi connectivity index (χ3n) is 5.78. The van der Waals surface area contributed by atoms with Crippen LogP contribution in [0.3, 0.4) is 0 Å². The molecule has 0 saturated heterocycles. The molecule has 3 rings (SSSR count). The molecule has 0 bridgehead atoms. The van der Waals surface area contributed by atoms with E-state index in [9.17, 15) is 0 Å². The lowest BCUT2D eigenvalue weighted by atomic mass is 9.82. The van der Waals surface area contributed by atoms with Gasteiger partial charge in [-0.1, -0.05) is 30.3 Å². The predicted molar refractivity (Wildman–Crippen MR) is 125 cm³/mol. The first-order valence-electron chi connectivity index (χ1n) is 10.4. The van der Waals surface area contributed by atoms with Crippen LogP contribution in [0.1, 0.15) is 44.9 Å². The molecule has 0 radical (unpaired) electrons. The average molecular weight is 421 g/mol. The summed E-state index contributed by atoms with van der Waals surface area (Å²) >= 11 is 0. The maximum absolute atomic E-state index is 5.60. The van der Waals surface area contributed by atoms with Crippen LogP contribution in [0.15, 0.2) is 42.5 Å². The van der Waals surface area contributed by atoms with Crippen LogP contribution in [-0.2, 0) is 0 Å². The van der Waals surface area contributed by atoms with Crippen molar-refractivity contribution >= 4 is 0 Å². The van der Waals surface area contributed by atoms with Crippen molar-refractivity contribution in [1.82, 2.24) is 0 Å². The molecule has 0 saturated carbocycles. The van der Waals surface area contributed by atoms with Crippen LogP contribution in [0.25, 0.3) is 0 Å². The largest absolute Gasteiger partial charge is 0.496 e. The van der Waals surface area contributed by atoms with E-state index in [1.165, 1.54) is 11.1 Å². The van der Waals surface area contributed by atoms with E-state index in [0.29, 0.717) is 11.5 Å². The summed E-state index contributed by atoms with van der Waals surface area (Å²) in [6.45, 7) is 8.36. The van der Waals surface area contributed by atoms with Crippen molar-refractivity contribution in [2.24, 2.45) is 0 Å². The maximum atomic E-state index is 5.60. The topological polar surface area (TPSA) is 36.9 Å². The first-order chi connectivity index (χ1) is 14.8. The molecule has 0 fully saturated rings. The normalized spacial score (nSPS) is 10.9. The molecule has 0 aliphatic rings. The second-order valence-corrected chi connectivity index (χ2v) is 7.92. The third kappa shape index (κ3) is 4.34. The zero-order valence-electron chi connectivity index (χ0n) is 19.8. The molecule has 4 heteroatoms. The molecule has 0 aromatic heterocycles. The number of hydrogen-bond donors (Lipinski definition) is 0. The summed E-state index contributed by atoms with van der Waals surface area (Å²) in [6, 6.07) is 15.0. The van der Waals surface area contributed by atoms with E-state index in [1.807, 2.05) is 6.07 Å². The SMILES string of the molecule is COc1ccc(C(c2cc(C)c(OC)c(C)c2)c2cc(C)c(OC)c(C)c2)cc1OC. The van der Waals surface area contributed by atoms with Gasteiger partial charge < -0.3 is 18.9 Å². The minimum atomic E-state index is 0.0198. The van der Waals surface area contributed by atoms with E-state index >= 15 is 0 Å². The molecule has 0 heterocycles. The quantitative estimate of drug-likeness (QED) is 0.431. The van der Waals surface area contributed by atoms with Crippen molar-refractivity contribution < 1.29 is 18.9 Å². The van der Waals surface area contributed by atoms with Crippen LogP contribution in [0.4, 0.5) is 0 Å². The Morgan fingerprint density at radius 3 is 1.26 bits per heavy atom. The number of rotatable bonds is 7. The van der Waals surface area contributed by atoms with Gasteiger partial charge in [0.15, 0.2) is 11.5 Å². The van der Waals surface area contributed by atoms with Gasteiger partial charge in [-0.2, -0.15) is 0 Å². The van der Waals surface area contributed by atoms with Crippen LogP contribution >= 0.6 is 0 Å². The fourth-order valence-corrected chi connectivity index (χ4v) is 4.55. The highest BCUT2D eigenvalue weighted by Crippen LogP contribution is 2.41. The Morgan fingerprint density at radius 2 is 0.903 bits per heavy atom. The van der Waals surface area contributed by atoms with Gasteiger partial charge in [0.05, 0.1) is 28.4 Å². The number of hydrogen-bond acceptors (Lipinski definition) is 4. The van der Waals surface area contributed by atoms with Crippen molar-refractivity contribution in [3.05, 3.63) is 81.4 Å². The third-order valence-corrected chi connectivity index (χ3v) is 5.78. The Bertz CT molecular complexity index is 979. The van der Waals surface area contributed by atoms with Crippen molar-refractivity contribution in [2.75, 3.05) is 28.4 Å². The first-order valence-corrected chi connectivity index (χ1v) is 10.4. The van der Waals surface area contributed by atoms with Crippen molar-refractivity contribution in [1.29, 1.82) is 0 Å². The summed E-state index contributed by atoms with van der Waals surface area (Å²) in [6.07, 6.45) is 0. The van der Waals surface area contributed by atoms with Gasteiger partial charge in [0.1, 0.15) is 11.5 Å². The first kappa shape index (κ1) is 22.5. The van der Waals surface area contributed by atoms with Gasteiger partial charge in [-0.15, -0.1) is 0 Å². The summed E-state index contributed by atoms with van der Waals surface area (Å²) in [5, 5.41) is 0. The zero-order chi connectivity index (χ0) is 22.7. The summed E-state index contributed by atoms with van der Waals surface area (Å²) in [7, 11) is 6.76. The molecule has 31 heavy (non-hydrogen) atoms. The Morgan fingerprint density at radius 1 is 0.484 bits per heavy atom. The number of methoxy groups -OCH3 is 4. The van der Waals surface area contributed by atoms with E-state index in [-0.39, 0.29) is 5.92 Å². The van der Waals surface area contributed by atoms with Crippen LogP contribution in [0.5, 0.6) is 23.0 Å². The Kier molecular flexibility index (Phi) is 6.79. The maximum Gasteiger partial charge on any atom is 0.161 e. The fraction of sp³-hybridized carbons (Fsp3) is 0.333. The Hall–Kier alpha value is -3.14. The van der Waals surface area contributed by atoms with E-state index in [1.54, 1.807) is 28.4 Å². The highest BCUT2D eigenvalue weighted by Gasteiger charge is 2.22. The van der Waals surface area contributed by atoms with Crippen molar-refractivity contribution in [2.45, 2.75) is 33.6 Å². The van der Waals surface area contributed by atoms with Crippen LogP contribution < -0.4 is 18.9 Å². The molecule has 0 amide bonds. The minimum absolute atomic E-state index is 0.0198. The number of aryl methyl sites for hydroxylation is 4.